The van der Waals surface area contributed by atoms with Crippen LogP contribution < -0.4 is 0 Å². The van der Waals surface area contributed by atoms with Gasteiger partial charge in [-0.1, -0.05) is 72.8 Å². The first-order chi connectivity index (χ1) is 38.2. The van der Waals surface area contributed by atoms with Crippen molar-refractivity contribution in [3.8, 4) is 56.1 Å². The van der Waals surface area contributed by atoms with Crippen LogP contribution in [0.3, 0.4) is 0 Å². The molecule has 13 rings (SSSR count). The Hall–Kier alpha value is -9.44. The molecule has 4 nitrogen and oxygen atoms in total. The van der Waals surface area contributed by atoms with E-state index in [4.69, 9.17) is 0 Å². The molecule has 0 aliphatic carbocycles. The van der Waals surface area contributed by atoms with Gasteiger partial charge >= 0.3 is 24.7 Å². The lowest BCUT2D eigenvalue weighted by molar-refractivity contribution is -0.138. The molecule has 0 N–H and O–H groups in total. The lowest BCUT2D eigenvalue weighted by atomic mass is 9.85. The summed E-state index contributed by atoms with van der Waals surface area (Å²) >= 11 is 0. The molecule has 80 heavy (non-hydrogen) atoms. The molecule has 0 atom stereocenters. The molecule has 0 radical (unpaired) electrons. The summed E-state index contributed by atoms with van der Waals surface area (Å²) in [6.45, 7) is 0. The number of hydrogen-bond acceptors (Lipinski definition) is 2. The molecule has 0 aliphatic rings. The molecular formula is C64H34F12N4. The average Bonchev–Trinajstić information content (AvgIpc) is 4.03. The quantitative estimate of drug-likeness (QED) is 0.123. The Morgan fingerprint density at radius 2 is 0.562 bits per heavy atom. The topological polar surface area (TPSA) is 35.6 Å². The highest BCUT2D eigenvalue weighted by atomic mass is 19.4. The van der Waals surface area contributed by atoms with Crippen LogP contribution in [0, 0.1) is 0 Å². The molecule has 0 bridgehead atoms. The van der Waals surface area contributed by atoms with E-state index in [1.807, 2.05) is 97.1 Å². The first-order valence-electron chi connectivity index (χ1n) is 24.7. The van der Waals surface area contributed by atoms with Crippen LogP contribution in [-0.2, 0) is 24.7 Å². The van der Waals surface area contributed by atoms with Crippen molar-refractivity contribution in [2.24, 2.45) is 0 Å². The molecule has 13 aromatic rings. The summed E-state index contributed by atoms with van der Waals surface area (Å²) in [5, 5.41) is 2.28. The minimum absolute atomic E-state index is 0.0552. The Morgan fingerprint density at radius 1 is 0.263 bits per heavy atom. The fraction of sp³-hybridized carbons (Fsp3) is 0.0625. The Bertz CT molecular complexity index is 4170. The highest BCUT2D eigenvalue weighted by molar-refractivity contribution is 6.23. The first-order valence-corrected chi connectivity index (χ1v) is 24.7. The molecule has 0 unspecified atom stereocenters. The van der Waals surface area contributed by atoms with Gasteiger partial charge in [0.25, 0.3) is 0 Å². The molecule has 4 heterocycles. The van der Waals surface area contributed by atoms with Crippen LogP contribution in [0.2, 0.25) is 0 Å². The zero-order chi connectivity index (χ0) is 55.6. The summed E-state index contributed by atoms with van der Waals surface area (Å²) < 4.78 is 175. The lowest BCUT2D eigenvalue weighted by Crippen LogP contribution is -2.04. The smallest absolute Gasteiger partial charge is 0.309 e. The maximum atomic E-state index is 14.3. The second-order valence-electron chi connectivity index (χ2n) is 19.4. The number of alkyl halides is 12. The highest BCUT2D eigenvalue weighted by Gasteiger charge is 2.36. The van der Waals surface area contributed by atoms with E-state index in [0.717, 1.165) is 59.7 Å². The third kappa shape index (κ3) is 8.44. The Balaban J connectivity index is 1.13. The van der Waals surface area contributed by atoms with Gasteiger partial charge in [0.05, 0.1) is 55.7 Å². The minimum atomic E-state index is -4.81. The maximum Gasteiger partial charge on any atom is 0.416 e. The summed E-state index contributed by atoms with van der Waals surface area (Å²) in [7, 11) is 0. The van der Waals surface area contributed by atoms with E-state index < -0.39 is 47.0 Å². The second-order valence-corrected chi connectivity index (χ2v) is 19.4. The molecule has 16 heteroatoms. The number of halogens is 12. The van der Waals surface area contributed by atoms with Gasteiger partial charge in [0.2, 0.25) is 0 Å². The normalized spacial score (nSPS) is 12.8. The Kier molecular flexibility index (Phi) is 11.3. The average molecular weight is 1090 g/mol. The van der Waals surface area contributed by atoms with Crippen LogP contribution in [0.1, 0.15) is 22.3 Å². The molecule has 0 saturated heterocycles. The first kappa shape index (κ1) is 50.1. The van der Waals surface area contributed by atoms with Crippen LogP contribution in [0.4, 0.5) is 52.7 Å². The third-order valence-corrected chi connectivity index (χ3v) is 14.7. The number of benzene rings is 9. The van der Waals surface area contributed by atoms with Gasteiger partial charge in [0.15, 0.2) is 0 Å². The zero-order valence-electron chi connectivity index (χ0n) is 41.0. The van der Waals surface area contributed by atoms with Crippen molar-refractivity contribution in [3.05, 3.63) is 229 Å². The molecule has 4 aromatic heterocycles. The fourth-order valence-corrected chi connectivity index (χ4v) is 11.1. The third-order valence-electron chi connectivity index (χ3n) is 14.7. The molecule has 0 fully saturated rings. The van der Waals surface area contributed by atoms with Crippen LogP contribution >= 0.6 is 0 Å². The van der Waals surface area contributed by atoms with Gasteiger partial charge in [-0.15, -0.1) is 0 Å². The monoisotopic (exact) mass is 1090 g/mol. The fourth-order valence-electron chi connectivity index (χ4n) is 11.1. The lowest BCUT2D eigenvalue weighted by Gasteiger charge is -2.21. The van der Waals surface area contributed by atoms with Crippen molar-refractivity contribution in [1.29, 1.82) is 0 Å². The van der Waals surface area contributed by atoms with E-state index in [1.165, 1.54) is 24.3 Å². The summed E-state index contributed by atoms with van der Waals surface area (Å²) in [4.78, 5) is 9.03. The predicted octanol–water partition coefficient (Wildman–Crippen LogP) is 19.7. The van der Waals surface area contributed by atoms with Crippen molar-refractivity contribution in [3.63, 3.8) is 0 Å². The molecule has 0 aliphatic heterocycles. The van der Waals surface area contributed by atoms with Gasteiger partial charge in [-0.05, 0) is 165 Å². The van der Waals surface area contributed by atoms with Crippen LogP contribution in [-0.4, -0.2) is 19.1 Å². The van der Waals surface area contributed by atoms with E-state index in [0.29, 0.717) is 66.6 Å². The number of rotatable bonds is 6. The van der Waals surface area contributed by atoms with E-state index in [9.17, 15) is 52.7 Å². The largest absolute Gasteiger partial charge is 0.416 e. The van der Waals surface area contributed by atoms with Crippen molar-refractivity contribution in [2.45, 2.75) is 24.7 Å². The van der Waals surface area contributed by atoms with Gasteiger partial charge in [-0.3, -0.25) is 9.97 Å². The summed E-state index contributed by atoms with van der Waals surface area (Å²) in [5.41, 5.74) is 3.08. The Labute approximate surface area is 445 Å². The van der Waals surface area contributed by atoms with Gasteiger partial charge < -0.3 is 9.13 Å². The van der Waals surface area contributed by atoms with Crippen LogP contribution in [0.25, 0.3) is 121 Å². The van der Waals surface area contributed by atoms with Crippen molar-refractivity contribution >= 4 is 65.2 Å². The van der Waals surface area contributed by atoms with Gasteiger partial charge in [0.1, 0.15) is 0 Å². The standard InChI is InChI=1S/C64H34F12N4/c65-61(66,67)39-15-23-55-47(29-39)48-30-40(62(68,69)70)16-24-56(48)79(55)43-20-22-46-51(33-43)59(37-11-7-35(8-12-37)53-5-1-3-27-77-53)45-21-19-44(34-52(45)60(46)38-13-9-36(10-14-38)54-6-2-4-28-78-54)80-57-25-17-41(63(71,72)73)31-49(57)50-32-42(64(74,75)76)18-26-58(50)80/h1-34H. The SMILES string of the molecule is FC(F)(F)c1ccc2c(c1)c1cc(C(F)(F)F)ccc1n2-c1ccc2c(-c3ccc(-c4ccccn4)cc3)c3cc(-n4c5ccc(C(F)(F)F)cc5c5cc(C(F)(F)F)ccc54)ccc3c(-c3ccc(-c4ccccn4)cc3)c2c1. The van der Waals surface area contributed by atoms with Crippen LogP contribution in [0.5, 0.6) is 0 Å². The van der Waals surface area contributed by atoms with Gasteiger partial charge in [-0.25, -0.2) is 0 Å². The minimum Gasteiger partial charge on any atom is -0.309 e. The number of fused-ring (bicyclic) bond motifs is 8. The molecular weight excluding hydrogens is 1050 g/mol. The summed E-state index contributed by atoms with van der Waals surface area (Å²) in [6, 6.07) is 48.9. The highest BCUT2D eigenvalue weighted by Crippen LogP contribution is 2.48. The van der Waals surface area contributed by atoms with Crippen molar-refractivity contribution in [2.75, 3.05) is 0 Å². The van der Waals surface area contributed by atoms with Gasteiger partial charge in [-0.2, -0.15) is 52.7 Å². The molecule has 0 amide bonds. The van der Waals surface area contributed by atoms with Crippen molar-refractivity contribution in [1.82, 2.24) is 19.1 Å². The Morgan fingerprint density at radius 3 is 0.838 bits per heavy atom. The second kappa shape index (κ2) is 18.1. The molecule has 9 aromatic carbocycles. The van der Waals surface area contributed by atoms with E-state index in [1.54, 1.807) is 45.8 Å². The summed E-state index contributed by atoms with van der Waals surface area (Å²) in [5.74, 6) is 0. The van der Waals surface area contributed by atoms with E-state index in [-0.39, 0.29) is 43.6 Å². The molecule has 394 valence electrons. The number of aromatic nitrogens is 4. The van der Waals surface area contributed by atoms with E-state index in [2.05, 4.69) is 9.97 Å². The number of nitrogens with zero attached hydrogens (tertiary/aromatic N) is 4. The predicted molar refractivity (Wildman–Crippen MR) is 287 cm³/mol. The van der Waals surface area contributed by atoms with Gasteiger partial charge in [0, 0.05) is 56.4 Å². The van der Waals surface area contributed by atoms with Crippen molar-refractivity contribution < 1.29 is 52.7 Å². The molecule has 0 saturated carbocycles. The zero-order valence-corrected chi connectivity index (χ0v) is 41.0. The van der Waals surface area contributed by atoms with Crippen LogP contribution in [0.15, 0.2) is 207 Å². The summed E-state index contributed by atoms with van der Waals surface area (Å²) in [6.07, 6.45) is -15.9. The molecule has 0 spiro atoms. The van der Waals surface area contributed by atoms with E-state index >= 15 is 0 Å². The number of pyridine rings is 2. The number of hydrogen-bond donors (Lipinski definition) is 0. The maximum absolute atomic E-state index is 14.3.